The number of hydrogen-bond acceptors (Lipinski definition) is 5. The largest absolute Gasteiger partial charge is 0.298 e. The number of aryl methyl sites for hydroxylation is 2. The molecule has 0 aliphatic rings. The fraction of sp³-hybridized carbons (Fsp3) is 0.231. The average Bonchev–Trinajstić information content (AvgIpc) is 2.78. The highest BCUT2D eigenvalue weighted by atomic mass is 35.5. The highest BCUT2D eigenvalue weighted by molar-refractivity contribution is 7.15. The Morgan fingerprint density at radius 1 is 1.52 bits per heavy atom. The van der Waals surface area contributed by atoms with Gasteiger partial charge in [-0.05, 0) is 19.4 Å². The molecule has 1 amide bonds. The minimum atomic E-state index is -0.564. The van der Waals surface area contributed by atoms with E-state index in [1.807, 2.05) is 13.8 Å². The summed E-state index contributed by atoms with van der Waals surface area (Å²) in [7, 11) is 0. The van der Waals surface area contributed by atoms with Gasteiger partial charge in [0.25, 0.3) is 11.6 Å². The van der Waals surface area contributed by atoms with Crippen molar-refractivity contribution >= 4 is 39.7 Å². The number of anilines is 1. The Bertz CT molecular complexity index is 715. The summed E-state index contributed by atoms with van der Waals surface area (Å²) in [4.78, 5) is 27.5. The van der Waals surface area contributed by atoms with Crippen LogP contribution >= 0.6 is 22.9 Å². The SMILES string of the molecule is CCc1nc(NC(=O)c2ccc([N+](=O)[O-])cc2Cl)sc1C. The molecular weight excluding hydrogens is 314 g/mol. The topological polar surface area (TPSA) is 85.1 Å². The maximum absolute atomic E-state index is 12.1. The number of amides is 1. The Hall–Kier alpha value is -1.99. The van der Waals surface area contributed by atoms with Gasteiger partial charge < -0.3 is 0 Å². The van der Waals surface area contributed by atoms with Crippen LogP contribution in [0.4, 0.5) is 10.8 Å². The van der Waals surface area contributed by atoms with Crippen LogP contribution in [0, 0.1) is 17.0 Å². The molecule has 21 heavy (non-hydrogen) atoms. The number of thiazole rings is 1. The third kappa shape index (κ3) is 3.37. The molecule has 0 saturated carbocycles. The molecule has 2 aromatic rings. The van der Waals surface area contributed by atoms with Crippen LogP contribution < -0.4 is 5.32 Å². The highest BCUT2D eigenvalue weighted by Crippen LogP contribution is 2.26. The van der Waals surface area contributed by atoms with Crippen LogP contribution in [0.15, 0.2) is 18.2 Å². The van der Waals surface area contributed by atoms with Gasteiger partial charge in [-0.15, -0.1) is 11.3 Å². The van der Waals surface area contributed by atoms with E-state index in [1.165, 1.54) is 23.5 Å². The van der Waals surface area contributed by atoms with Crippen molar-refractivity contribution in [2.75, 3.05) is 5.32 Å². The number of halogens is 1. The molecule has 0 spiro atoms. The maximum Gasteiger partial charge on any atom is 0.270 e. The van der Waals surface area contributed by atoms with E-state index in [4.69, 9.17) is 11.6 Å². The van der Waals surface area contributed by atoms with Crippen LogP contribution in [-0.2, 0) is 6.42 Å². The summed E-state index contributed by atoms with van der Waals surface area (Å²) in [5, 5.41) is 13.8. The molecule has 8 heteroatoms. The molecule has 1 aromatic heterocycles. The van der Waals surface area contributed by atoms with Crippen LogP contribution in [0.25, 0.3) is 0 Å². The average molecular weight is 326 g/mol. The summed E-state index contributed by atoms with van der Waals surface area (Å²) < 4.78 is 0. The number of aromatic nitrogens is 1. The van der Waals surface area contributed by atoms with E-state index >= 15 is 0 Å². The lowest BCUT2D eigenvalue weighted by Gasteiger charge is -2.03. The summed E-state index contributed by atoms with van der Waals surface area (Å²) in [6, 6.07) is 3.73. The molecule has 6 nitrogen and oxygen atoms in total. The van der Waals surface area contributed by atoms with E-state index < -0.39 is 10.8 Å². The Labute approximate surface area is 129 Å². The first-order valence-electron chi connectivity index (χ1n) is 6.14. The monoisotopic (exact) mass is 325 g/mol. The summed E-state index contributed by atoms with van der Waals surface area (Å²) in [5.74, 6) is -0.439. The number of nitro benzene ring substituents is 1. The Kier molecular flexibility index (Phi) is 4.54. The molecule has 0 saturated heterocycles. The van der Waals surface area contributed by atoms with Gasteiger partial charge in [0.1, 0.15) is 0 Å². The Balaban J connectivity index is 2.22. The molecule has 0 unspecified atom stereocenters. The van der Waals surface area contributed by atoms with Crippen LogP contribution in [0.1, 0.15) is 27.9 Å². The molecule has 2 rings (SSSR count). The predicted molar refractivity (Wildman–Crippen MR) is 82.3 cm³/mol. The van der Waals surface area contributed by atoms with Crippen molar-refractivity contribution in [3.8, 4) is 0 Å². The van der Waals surface area contributed by atoms with Crippen LogP contribution in [0.5, 0.6) is 0 Å². The van der Waals surface area contributed by atoms with Crippen molar-refractivity contribution in [1.29, 1.82) is 0 Å². The number of non-ortho nitro benzene ring substituents is 1. The number of carbonyl (C=O) groups is 1. The molecule has 1 N–H and O–H groups in total. The summed E-state index contributed by atoms with van der Waals surface area (Å²) in [5.41, 5.74) is 0.952. The maximum atomic E-state index is 12.1. The van der Waals surface area contributed by atoms with Crippen molar-refractivity contribution in [2.45, 2.75) is 20.3 Å². The molecule has 0 radical (unpaired) electrons. The lowest BCUT2D eigenvalue weighted by atomic mass is 10.2. The van der Waals surface area contributed by atoms with Gasteiger partial charge in [0.2, 0.25) is 0 Å². The van der Waals surface area contributed by atoms with Gasteiger partial charge in [-0.2, -0.15) is 0 Å². The van der Waals surface area contributed by atoms with Crippen molar-refractivity contribution < 1.29 is 9.72 Å². The van der Waals surface area contributed by atoms with Gasteiger partial charge in [-0.1, -0.05) is 18.5 Å². The normalized spacial score (nSPS) is 10.4. The molecule has 110 valence electrons. The van der Waals surface area contributed by atoms with Crippen molar-refractivity contribution in [1.82, 2.24) is 4.98 Å². The van der Waals surface area contributed by atoms with Crippen LogP contribution in [0.3, 0.4) is 0 Å². The van der Waals surface area contributed by atoms with E-state index in [0.717, 1.165) is 23.1 Å². The minimum Gasteiger partial charge on any atom is -0.298 e. The number of rotatable bonds is 4. The molecule has 0 aliphatic carbocycles. The molecule has 0 aliphatic heterocycles. The second kappa shape index (κ2) is 6.19. The Morgan fingerprint density at radius 3 is 2.76 bits per heavy atom. The Morgan fingerprint density at radius 2 is 2.24 bits per heavy atom. The summed E-state index contributed by atoms with van der Waals surface area (Å²) >= 11 is 7.30. The lowest BCUT2D eigenvalue weighted by Crippen LogP contribution is -2.12. The molecular formula is C13H12ClN3O3S. The van der Waals surface area contributed by atoms with E-state index in [1.54, 1.807) is 0 Å². The van der Waals surface area contributed by atoms with Crippen molar-refractivity contribution in [2.24, 2.45) is 0 Å². The molecule has 0 atom stereocenters. The lowest BCUT2D eigenvalue weighted by molar-refractivity contribution is -0.384. The van der Waals surface area contributed by atoms with Crippen molar-refractivity contribution in [3.05, 3.63) is 49.5 Å². The summed E-state index contributed by atoms with van der Waals surface area (Å²) in [6.07, 6.45) is 0.788. The standard InChI is InChI=1S/C13H12ClN3O3S/c1-3-11-7(2)21-13(15-11)16-12(18)9-5-4-8(17(19)20)6-10(9)14/h4-6H,3H2,1-2H3,(H,15,16,18). The second-order valence-corrected chi connectivity index (χ2v) is 5.86. The minimum absolute atomic E-state index is 0.0330. The molecule has 1 aromatic carbocycles. The predicted octanol–water partition coefficient (Wildman–Crippen LogP) is 3.83. The van der Waals surface area contributed by atoms with Gasteiger partial charge >= 0.3 is 0 Å². The van der Waals surface area contributed by atoms with Gasteiger partial charge in [0, 0.05) is 17.0 Å². The number of nitro groups is 1. The first-order valence-corrected chi connectivity index (χ1v) is 7.33. The zero-order valence-corrected chi connectivity index (χ0v) is 12.9. The van der Waals surface area contributed by atoms with E-state index in [2.05, 4.69) is 10.3 Å². The van der Waals surface area contributed by atoms with Crippen LogP contribution in [-0.4, -0.2) is 15.8 Å². The smallest absolute Gasteiger partial charge is 0.270 e. The van der Waals surface area contributed by atoms with Gasteiger partial charge in [-0.3, -0.25) is 20.2 Å². The van der Waals surface area contributed by atoms with Crippen LogP contribution in [0.2, 0.25) is 5.02 Å². The zero-order chi connectivity index (χ0) is 15.6. The fourth-order valence-electron chi connectivity index (χ4n) is 1.78. The van der Waals surface area contributed by atoms with Gasteiger partial charge in [0.15, 0.2) is 5.13 Å². The third-order valence-corrected chi connectivity index (χ3v) is 4.10. The molecule has 1 heterocycles. The highest BCUT2D eigenvalue weighted by Gasteiger charge is 2.16. The van der Waals surface area contributed by atoms with E-state index in [-0.39, 0.29) is 16.3 Å². The number of benzene rings is 1. The molecule has 0 fully saturated rings. The number of hydrogen-bond donors (Lipinski definition) is 1. The number of carbonyl (C=O) groups excluding carboxylic acids is 1. The van der Waals surface area contributed by atoms with Gasteiger partial charge in [-0.25, -0.2) is 4.98 Å². The fourth-order valence-corrected chi connectivity index (χ4v) is 2.93. The van der Waals surface area contributed by atoms with E-state index in [9.17, 15) is 14.9 Å². The first-order chi connectivity index (χ1) is 9.92. The quantitative estimate of drug-likeness (QED) is 0.683. The third-order valence-electron chi connectivity index (χ3n) is 2.86. The van der Waals surface area contributed by atoms with Crippen molar-refractivity contribution in [3.63, 3.8) is 0 Å². The first kappa shape index (κ1) is 15.4. The zero-order valence-electron chi connectivity index (χ0n) is 11.3. The number of nitrogens with one attached hydrogen (secondary N) is 1. The molecule has 0 bridgehead atoms. The van der Waals surface area contributed by atoms with E-state index in [0.29, 0.717) is 5.13 Å². The summed E-state index contributed by atoms with van der Waals surface area (Å²) in [6.45, 7) is 3.92. The second-order valence-electron chi connectivity index (χ2n) is 4.25. The van der Waals surface area contributed by atoms with Gasteiger partial charge in [0.05, 0.1) is 21.2 Å². The number of nitrogens with zero attached hydrogens (tertiary/aromatic N) is 2.